The minimum atomic E-state index is -4.31. The number of hydrogen-bond acceptors (Lipinski definition) is 5. The summed E-state index contributed by atoms with van der Waals surface area (Å²) in [6.45, 7) is 7.97. The van der Waals surface area contributed by atoms with E-state index in [2.05, 4.69) is 11.9 Å². The van der Waals surface area contributed by atoms with Crippen molar-refractivity contribution in [2.45, 2.75) is 24.6 Å². The molecule has 0 saturated heterocycles. The van der Waals surface area contributed by atoms with Crippen LogP contribution in [-0.2, 0) is 14.9 Å². The van der Waals surface area contributed by atoms with Crippen molar-refractivity contribution in [1.29, 1.82) is 0 Å². The van der Waals surface area contributed by atoms with Gasteiger partial charge in [-0.2, -0.15) is 8.42 Å². The Labute approximate surface area is 127 Å². The quantitative estimate of drug-likeness (QED) is 0.452. The van der Waals surface area contributed by atoms with E-state index in [-0.39, 0.29) is 6.54 Å². The molecule has 0 heterocycles. The molecule has 0 aliphatic heterocycles. The SMILES string of the molecule is C=CC(=O)NC(C)(C)C(CN(C)CCN(C)C)S(=O)(=O)O. The van der Waals surface area contributed by atoms with Gasteiger partial charge in [-0.25, -0.2) is 0 Å². The van der Waals surface area contributed by atoms with Gasteiger partial charge in [0.2, 0.25) is 5.91 Å². The van der Waals surface area contributed by atoms with Gasteiger partial charge in [-0.3, -0.25) is 9.35 Å². The molecule has 124 valence electrons. The lowest BCUT2D eigenvalue weighted by atomic mass is 9.99. The van der Waals surface area contributed by atoms with Crippen molar-refractivity contribution in [2.24, 2.45) is 0 Å². The maximum atomic E-state index is 11.7. The predicted octanol–water partition coefficient (Wildman–Crippen LogP) is -0.183. The van der Waals surface area contributed by atoms with E-state index in [0.29, 0.717) is 6.54 Å². The highest BCUT2D eigenvalue weighted by Crippen LogP contribution is 2.18. The van der Waals surface area contributed by atoms with Gasteiger partial charge in [-0.15, -0.1) is 0 Å². The number of nitrogens with zero attached hydrogens (tertiary/aromatic N) is 2. The summed E-state index contributed by atoms with van der Waals surface area (Å²) >= 11 is 0. The van der Waals surface area contributed by atoms with Gasteiger partial charge in [0.1, 0.15) is 5.25 Å². The smallest absolute Gasteiger partial charge is 0.271 e. The van der Waals surface area contributed by atoms with Gasteiger partial charge >= 0.3 is 0 Å². The molecule has 0 aromatic heterocycles. The molecule has 0 aromatic rings. The fourth-order valence-electron chi connectivity index (χ4n) is 1.89. The molecule has 0 aliphatic rings. The molecule has 7 nitrogen and oxygen atoms in total. The predicted molar refractivity (Wildman–Crippen MR) is 83.8 cm³/mol. The average Bonchev–Trinajstić information content (AvgIpc) is 2.31. The van der Waals surface area contributed by atoms with Crippen LogP contribution >= 0.6 is 0 Å². The van der Waals surface area contributed by atoms with Crippen molar-refractivity contribution >= 4 is 16.0 Å². The molecule has 0 aliphatic carbocycles. The lowest BCUT2D eigenvalue weighted by Gasteiger charge is -2.35. The van der Waals surface area contributed by atoms with Crippen molar-refractivity contribution in [2.75, 3.05) is 40.8 Å². The summed E-state index contributed by atoms with van der Waals surface area (Å²) in [7, 11) is 1.29. The summed E-state index contributed by atoms with van der Waals surface area (Å²) in [4.78, 5) is 15.2. The van der Waals surface area contributed by atoms with Crippen LogP contribution in [0, 0.1) is 0 Å². The molecule has 0 bridgehead atoms. The van der Waals surface area contributed by atoms with Gasteiger partial charge < -0.3 is 15.1 Å². The highest BCUT2D eigenvalue weighted by atomic mass is 32.2. The first-order valence-corrected chi connectivity index (χ1v) is 8.14. The Morgan fingerprint density at radius 3 is 2.24 bits per heavy atom. The van der Waals surface area contributed by atoms with Crippen LogP contribution < -0.4 is 5.32 Å². The van der Waals surface area contributed by atoms with Crippen LogP contribution in [0.4, 0.5) is 0 Å². The topological polar surface area (TPSA) is 90.0 Å². The Morgan fingerprint density at radius 2 is 1.86 bits per heavy atom. The van der Waals surface area contributed by atoms with E-state index >= 15 is 0 Å². The second-order valence-corrected chi connectivity index (χ2v) is 7.58. The highest BCUT2D eigenvalue weighted by Gasteiger charge is 2.40. The van der Waals surface area contributed by atoms with Crippen LogP contribution in [0.3, 0.4) is 0 Å². The van der Waals surface area contributed by atoms with Gasteiger partial charge in [0.15, 0.2) is 0 Å². The first-order valence-electron chi connectivity index (χ1n) is 6.64. The fourth-order valence-corrected chi connectivity index (χ4v) is 3.14. The maximum absolute atomic E-state index is 11.7. The molecule has 0 aromatic carbocycles. The van der Waals surface area contributed by atoms with E-state index in [1.54, 1.807) is 25.8 Å². The van der Waals surface area contributed by atoms with Crippen molar-refractivity contribution in [3.63, 3.8) is 0 Å². The van der Waals surface area contributed by atoms with Gasteiger partial charge in [0, 0.05) is 19.6 Å². The number of nitrogens with one attached hydrogen (secondary N) is 1. The van der Waals surface area contributed by atoms with Crippen LogP contribution in [0.5, 0.6) is 0 Å². The van der Waals surface area contributed by atoms with E-state index in [4.69, 9.17) is 0 Å². The maximum Gasteiger partial charge on any atom is 0.271 e. The molecule has 8 heteroatoms. The Morgan fingerprint density at radius 1 is 1.33 bits per heavy atom. The first kappa shape index (κ1) is 20.0. The summed E-state index contributed by atoms with van der Waals surface area (Å²) in [6, 6.07) is 0. The molecule has 0 spiro atoms. The molecule has 0 rings (SSSR count). The number of likely N-dealkylation sites (N-methyl/N-ethyl adjacent to an activating group) is 2. The van der Waals surface area contributed by atoms with Crippen molar-refractivity contribution in [1.82, 2.24) is 15.1 Å². The second-order valence-electron chi connectivity index (χ2n) is 5.98. The number of rotatable bonds is 9. The Hall–Kier alpha value is -0.960. The third-order valence-corrected chi connectivity index (χ3v) is 4.66. The third-order valence-electron chi connectivity index (χ3n) is 3.20. The van der Waals surface area contributed by atoms with Crippen molar-refractivity contribution < 1.29 is 17.8 Å². The third kappa shape index (κ3) is 7.56. The molecule has 21 heavy (non-hydrogen) atoms. The minimum absolute atomic E-state index is 0.108. The lowest BCUT2D eigenvalue weighted by Crippen LogP contribution is -2.58. The molecular formula is C13H27N3O4S. The van der Waals surface area contributed by atoms with E-state index in [9.17, 15) is 17.8 Å². The van der Waals surface area contributed by atoms with E-state index in [1.165, 1.54) is 0 Å². The van der Waals surface area contributed by atoms with Gasteiger partial charge in [0.25, 0.3) is 10.1 Å². The zero-order chi connectivity index (χ0) is 16.8. The number of hydrogen-bond donors (Lipinski definition) is 2. The number of carbonyl (C=O) groups is 1. The van der Waals surface area contributed by atoms with Gasteiger partial charge in [-0.05, 0) is 41.1 Å². The first-order chi connectivity index (χ1) is 9.40. The molecule has 1 unspecified atom stereocenters. The van der Waals surface area contributed by atoms with Crippen LogP contribution in [-0.4, -0.2) is 80.2 Å². The summed E-state index contributed by atoms with van der Waals surface area (Å²) in [5, 5.41) is 1.41. The standard InChI is InChI=1S/C13H27N3O4S/c1-7-12(17)14-13(2,3)11(21(18,19)20)10-16(6)9-8-15(4)5/h7,11H,1,8-10H2,2-6H3,(H,14,17)(H,18,19,20). The largest absolute Gasteiger partial charge is 0.346 e. The molecule has 0 fully saturated rings. The van der Waals surface area contributed by atoms with Crippen LogP contribution in [0.1, 0.15) is 13.8 Å². The monoisotopic (exact) mass is 321 g/mol. The van der Waals surface area contributed by atoms with Crippen LogP contribution in [0.15, 0.2) is 12.7 Å². The summed E-state index contributed by atoms with van der Waals surface area (Å²) in [5.74, 6) is -0.482. The summed E-state index contributed by atoms with van der Waals surface area (Å²) in [6.07, 6.45) is 1.07. The zero-order valence-corrected chi connectivity index (χ0v) is 14.3. The Balaban J connectivity index is 5.05. The van der Waals surface area contributed by atoms with Gasteiger partial charge in [0.05, 0.1) is 5.54 Å². The molecule has 2 N–H and O–H groups in total. The van der Waals surface area contributed by atoms with E-state index in [1.807, 2.05) is 19.0 Å². The van der Waals surface area contributed by atoms with Gasteiger partial charge in [-0.1, -0.05) is 6.58 Å². The number of amides is 1. The van der Waals surface area contributed by atoms with E-state index in [0.717, 1.165) is 12.6 Å². The minimum Gasteiger partial charge on any atom is -0.346 e. The molecule has 1 atom stereocenters. The second kappa shape index (κ2) is 7.88. The van der Waals surface area contributed by atoms with Crippen molar-refractivity contribution in [3.05, 3.63) is 12.7 Å². The van der Waals surface area contributed by atoms with E-state index < -0.39 is 26.8 Å². The zero-order valence-electron chi connectivity index (χ0n) is 13.5. The van der Waals surface area contributed by atoms with Crippen molar-refractivity contribution in [3.8, 4) is 0 Å². The van der Waals surface area contributed by atoms with Crippen LogP contribution in [0.25, 0.3) is 0 Å². The molecule has 0 radical (unpaired) electrons. The molecule has 0 saturated carbocycles. The Bertz CT molecular complexity index is 460. The summed E-state index contributed by atoms with van der Waals surface area (Å²) in [5.41, 5.74) is -1.12. The lowest BCUT2D eigenvalue weighted by molar-refractivity contribution is -0.118. The summed E-state index contributed by atoms with van der Waals surface area (Å²) < 4.78 is 32.8. The normalized spacial score (nSPS) is 14.3. The molecule has 1 amide bonds. The fraction of sp³-hybridized carbons (Fsp3) is 0.769. The highest BCUT2D eigenvalue weighted by molar-refractivity contribution is 7.86. The number of carbonyl (C=O) groups excluding carboxylic acids is 1. The van der Waals surface area contributed by atoms with Crippen LogP contribution in [0.2, 0.25) is 0 Å². The average molecular weight is 321 g/mol. The molecular weight excluding hydrogens is 294 g/mol. The Kier molecular flexibility index (Phi) is 7.52.